The van der Waals surface area contributed by atoms with Gasteiger partial charge >= 0.3 is 0 Å². The zero-order valence-electron chi connectivity index (χ0n) is 21.4. The van der Waals surface area contributed by atoms with Gasteiger partial charge in [0, 0.05) is 16.4 Å². The van der Waals surface area contributed by atoms with E-state index in [2.05, 4.69) is 39.8 Å². The number of amides is 1. The van der Waals surface area contributed by atoms with Crippen molar-refractivity contribution in [3.8, 4) is 11.5 Å². The van der Waals surface area contributed by atoms with Crippen LogP contribution in [-0.2, 0) is 11.4 Å². The molecule has 1 atom stereocenters. The third kappa shape index (κ3) is 5.35. The van der Waals surface area contributed by atoms with Gasteiger partial charge in [-0.15, -0.1) is 0 Å². The molecule has 1 unspecified atom stereocenters. The number of rotatable bonds is 8. The molecule has 0 saturated heterocycles. The zero-order valence-corrected chi connectivity index (χ0v) is 22.1. The van der Waals surface area contributed by atoms with Crippen LogP contribution in [0.3, 0.4) is 0 Å². The Balaban J connectivity index is 1.48. The molecule has 1 aromatic heterocycles. The number of hydrogen-bond donors (Lipinski definition) is 2. The van der Waals surface area contributed by atoms with Gasteiger partial charge in [-0.05, 0) is 68.3 Å². The maximum Gasteiger partial charge on any atom is 0.255 e. The largest absolute Gasteiger partial charge is 0.490 e. The van der Waals surface area contributed by atoms with Crippen LogP contribution in [-0.4, -0.2) is 27.3 Å². The fraction of sp³-hybridized carbons (Fsp3) is 0.207. The summed E-state index contributed by atoms with van der Waals surface area (Å²) in [5.41, 5.74) is 4.89. The van der Waals surface area contributed by atoms with Crippen molar-refractivity contribution in [3.63, 3.8) is 0 Å². The summed E-state index contributed by atoms with van der Waals surface area (Å²) in [6.07, 6.45) is 1.46. The van der Waals surface area contributed by atoms with E-state index in [9.17, 15) is 4.79 Å². The predicted molar refractivity (Wildman–Crippen MR) is 148 cm³/mol. The van der Waals surface area contributed by atoms with Crippen molar-refractivity contribution in [2.45, 2.75) is 33.4 Å². The van der Waals surface area contributed by atoms with Gasteiger partial charge in [-0.25, -0.2) is 4.68 Å². The van der Waals surface area contributed by atoms with Crippen LogP contribution in [0.5, 0.6) is 11.5 Å². The van der Waals surface area contributed by atoms with Crippen LogP contribution >= 0.6 is 11.6 Å². The molecule has 4 aromatic rings. The van der Waals surface area contributed by atoms with Gasteiger partial charge in [-0.3, -0.25) is 4.79 Å². The van der Waals surface area contributed by atoms with Crippen LogP contribution in [0.4, 0.5) is 11.6 Å². The van der Waals surface area contributed by atoms with Gasteiger partial charge in [-0.1, -0.05) is 47.5 Å². The lowest BCUT2D eigenvalue weighted by Crippen LogP contribution is -2.31. The van der Waals surface area contributed by atoms with E-state index in [1.807, 2.05) is 44.2 Å². The first-order valence-electron chi connectivity index (χ1n) is 12.3. The molecule has 194 valence electrons. The number of hydrogen-bond acceptors (Lipinski definition) is 6. The van der Waals surface area contributed by atoms with E-state index in [0.29, 0.717) is 52.6 Å². The minimum Gasteiger partial charge on any atom is -0.490 e. The first kappa shape index (κ1) is 25.4. The van der Waals surface area contributed by atoms with E-state index in [1.165, 1.54) is 11.9 Å². The summed E-state index contributed by atoms with van der Waals surface area (Å²) in [6.45, 7) is 6.70. The van der Waals surface area contributed by atoms with Crippen molar-refractivity contribution in [1.82, 2.24) is 14.8 Å². The number of nitrogens with one attached hydrogen (secondary N) is 2. The number of aromatic nitrogens is 3. The van der Waals surface area contributed by atoms with Crippen molar-refractivity contribution in [2.24, 2.45) is 0 Å². The average Bonchev–Trinajstić information content (AvgIpc) is 3.37. The van der Waals surface area contributed by atoms with Crippen molar-refractivity contribution in [1.29, 1.82) is 0 Å². The molecule has 1 aliphatic rings. The molecule has 38 heavy (non-hydrogen) atoms. The highest BCUT2D eigenvalue weighted by Crippen LogP contribution is 2.39. The first-order valence-corrected chi connectivity index (χ1v) is 12.7. The molecule has 2 heterocycles. The summed E-state index contributed by atoms with van der Waals surface area (Å²) in [6, 6.07) is 20.4. The monoisotopic (exact) mass is 529 g/mol. The highest BCUT2D eigenvalue weighted by Gasteiger charge is 2.34. The fourth-order valence-electron chi connectivity index (χ4n) is 4.35. The molecule has 1 aliphatic heterocycles. The van der Waals surface area contributed by atoms with Crippen molar-refractivity contribution < 1.29 is 14.3 Å². The molecule has 2 N–H and O–H groups in total. The summed E-state index contributed by atoms with van der Waals surface area (Å²) < 4.78 is 13.8. The molecule has 0 spiro atoms. The highest BCUT2D eigenvalue weighted by molar-refractivity contribution is 6.30. The lowest BCUT2D eigenvalue weighted by atomic mass is 9.94. The van der Waals surface area contributed by atoms with Gasteiger partial charge in [0.15, 0.2) is 11.5 Å². The number of carbonyl (C=O) groups is 1. The lowest BCUT2D eigenvalue weighted by Gasteiger charge is -2.29. The Kier molecular flexibility index (Phi) is 7.33. The van der Waals surface area contributed by atoms with Gasteiger partial charge in [-0.2, -0.15) is 10.1 Å². The van der Waals surface area contributed by atoms with Crippen molar-refractivity contribution in [2.75, 3.05) is 17.2 Å². The molecule has 1 amide bonds. The van der Waals surface area contributed by atoms with Crippen molar-refractivity contribution >= 4 is 29.1 Å². The summed E-state index contributed by atoms with van der Waals surface area (Å²) in [5.74, 6) is 1.50. The minimum atomic E-state index is -0.536. The maximum absolute atomic E-state index is 13.6. The molecule has 0 bridgehead atoms. The molecule has 9 heteroatoms. The van der Waals surface area contributed by atoms with Crippen LogP contribution in [0.25, 0.3) is 0 Å². The third-order valence-electron chi connectivity index (χ3n) is 6.24. The Morgan fingerprint density at radius 3 is 2.53 bits per heavy atom. The Bertz CT molecular complexity index is 1480. The van der Waals surface area contributed by atoms with E-state index < -0.39 is 6.04 Å². The zero-order chi connectivity index (χ0) is 26.6. The standard InChI is InChI=1S/C29H28ClN5O3/c1-4-37-25-15-21(9-14-24(25)38-16-20-7-5-18(2)6-8-20)27-26(19(3)33-29-31-17-32-35(27)29)28(36)34-23-12-10-22(30)11-13-23/h5-15,17,27H,4,16H2,1-3H3,(H,34,36)(H,31,32,33). The fourth-order valence-corrected chi connectivity index (χ4v) is 4.48. The van der Waals surface area contributed by atoms with Crippen LogP contribution in [0.1, 0.15) is 36.6 Å². The number of halogens is 1. The lowest BCUT2D eigenvalue weighted by molar-refractivity contribution is -0.113. The quantitative estimate of drug-likeness (QED) is 0.285. The second-order valence-corrected chi connectivity index (χ2v) is 9.41. The molecule has 0 fully saturated rings. The Hall–Kier alpha value is -4.30. The maximum atomic E-state index is 13.6. The first-order chi connectivity index (χ1) is 18.4. The Labute approximate surface area is 226 Å². The number of anilines is 2. The summed E-state index contributed by atoms with van der Waals surface area (Å²) >= 11 is 6.01. The molecule has 0 saturated carbocycles. The van der Waals surface area contributed by atoms with Crippen LogP contribution in [0, 0.1) is 6.92 Å². The normalized spacial score (nSPS) is 14.5. The van der Waals surface area contributed by atoms with Gasteiger partial charge in [0.25, 0.3) is 5.91 Å². The molecule has 0 radical (unpaired) electrons. The summed E-state index contributed by atoms with van der Waals surface area (Å²) in [4.78, 5) is 17.9. The molecule has 0 aliphatic carbocycles. The topological polar surface area (TPSA) is 90.3 Å². The van der Waals surface area contributed by atoms with E-state index in [0.717, 1.165) is 11.1 Å². The van der Waals surface area contributed by atoms with E-state index in [1.54, 1.807) is 28.9 Å². The molecule has 8 nitrogen and oxygen atoms in total. The van der Waals surface area contributed by atoms with Crippen molar-refractivity contribution in [3.05, 3.63) is 106 Å². The minimum absolute atomic E-state index is 0.263. The number of aryl methyl sites for hydroxylation is 1. The SMILES string of the molecule is CCOc1cc(C2C(C(=O)Nc3ccc(Cl)cc3)=C(C)Nc3ncnn32)ccc1OCc1ccc(C)cc1. The van der Waals surface area contributed by atoms with Gasteiger partial charge in [0.1, 0.15) is 19.0 Å². The number of carbonyl (C=O) groups excluding carboxylic acids is 1. The van der Waals surface area contributed by atoms with Crippen LogP contribution in [0.2, 0.25) is 5.02 Å². The summed E-state index contributed by atoms with van der Waals surface area (Å²) in [5, 5.41) is 11.2. The second-order valence-electron chi connectivity index (χ2n) is 8.97. The Morgan fingerprint density at radius 2 is 1.79 bits per heavy atom. The number of benzene rings is 3. The molecule has 3 aromatic carbocycles. The molecular formula is C29H28ClN5O3. The highest BCUT2D eigenvalue weighted by atomic mass is 35.5. The summed E-state index contributed by atoms with van der Waals surface area (Å²) in [7, 11) is 0. The van der Waals surface area contributed by atoms with E-state index in [-0.39, 0.29) is 5.91 Å². The Morgan fingerprint density at radius 1 is 1.03 bits per heavy atom. The number of fused-ring (bicyclic) bond motifs is 1. The number of ether oxygens (including phenoxy) is 2. The molecule has 5 rings (SSSR count). The predicted octanol–water partition coefficient (Wildman–Crippen LogP) is 6.15. The van der Waals surface area contributed by atoms with Gasteiger partial charge in [0.05, 0.1) is 12.2 Å². The van der Waals surface area contributed by atoms with Crippen LogP contribution < -0.4 is 20.1 Å². The van der Waals surface area contributed by atoms with E-state index >= 15 is 0 Å². The molecular weight excluding hydrogens is 502 g/mol. The average molecular weight is 530 g/mol. The number of nitrogens with zero attached hydrogens (tertiary/aromatic N) is 3. The smallest absolute Gasteiger partial charge is 0.255 e. The van der Waals surface area contributed by atoms with E-state index in [4.69, 9.17) is 21.1 Å². The van der Waals surface area contributed by atoms with Gasteiger partial charge < -0.3 is 20.1 Å². The number of allylic oxidation sites excluding steroid dienone is 1. The third-order valence-corrected chi connectivity index (χ3v) is 6.49. The van der Waals surface area contributed by atoms with Gasteiger partial charge in [0.2, 0.25) is 5.95 Å². The van der Waals surface area contributed by atoms with Crippen LogP contribution in [0.15, 0.2) is 84.3 Å². The second kappa shape index (κ2) is 11.0.